The fourth-order valence-corrected chi connectivity index (χ4v) is 0.694. The highest BCUT2D eigenvalue weighted by molar-refractivity contribution is 9.11. The number of rotatable bonds is 5. The minimum atomic E-state index is -0.390. The summed E-state index contributed by atoms with van der Waals surface area (Å²) in [5.74, 6) is -0.390. The van der Waals surface area contributed by atoms with Gasteiger partial charge in [-0.05, 0) is 19.1 Å². The van der Waals surface area contributed by atoms with Crippen LogP contribution in [0.4, 0.5) is 0 Å². The Kier molecular flexibility index (Phi) is 7.74. The van der Waals surface area contributed by atoms with Crippen LogP contribution in [0.3, 0.4) is 0 Å². The van der Waals surface area contributed by atoms with Crippen molar-refractivity contribution in [2.24, 2.45) is 4.99 Å². The third-order valence-corrected chi connectivity index (χ3v) is 1.30. The van der Waals surface area contributed by atoms with Crippen molar-refractivity contribution in [3.63, 3.8) is 0 Å². The van der Waals surface area contributed by atoms with Crippen molar-refractivity contribution in [3.05, 3.63) is 35.5 Å². The molecule has 0 aliphatic carbocycles. The van der Waals surface area contributed by atoms with Gasteiger partial charge in [0.05, 0.1) is 6.61 Å². The van der Waals surface area contributed by atoms with E-state index in [-0.39, 0.29) is 0 Å². The molecule has 0 saturated carbocycles. The van der Waals surface area contributed by atoms with Crippen molar-refractivity contribution in [1.82, 2.24) is 0 Å². The van der Waals surface area contributed by atoms with E-state index >= 15 is 0 Å². The lowest BCUT2D eigenvalue weighted by Gasteiger charge is -1.91. The number of carbonyl (C=O) groups excluding carboxylic acids is 1. The third-order valence-electron chi connectivity index (χ3n) is 1.03. The predicted octanol–water partition coefficient (Wildman–Crippen LogP) is 2.60. The number of allylic oxidation sites excluding steroid dienone is 3. The van der Waals surface area contributed by atoms with Gasteiger partial charge in [0.15, 0.2) is 0 Å². The van der Waals surface area contributed by atoms with Gasteiger partial charge in [-0.25, -0.2) is 4.79 Å². The van der Waals surface area contributed by atoms with Crippen LogP contribution in [0.25, 0.3) is 0 Å². The number of halogens is 1. The van der Waals surface area contributed by atoms with Crippen LogP contribution in [-0.4, -0.2) is 18.8 Å². The van der Waals surface area contributed by atoms with Crippen LogP contribution >= 0.6 is 15.9 Å². The molecule has 0 heterocycles. The number of ether oxygens (including phenoxy) is 1. The first-order chi connectivity index (χ1) is 6.66. The van der Waals surface area contributed by atoms with E-state index in [9.17, 15) is 4.79 Å². The van der Waals surface area contributed by atoms with Gasteiger partial charge < -0.3 is 4.74 Å². The van der Waals surface area contributed by atoms with Crippen LogP contribution in [0.2, 0.25) is 0 Å². The van der Waals surface area contributed by atoms with Gasteiger partial charge in [-0.15, -0.1) is 0 Å². The van der Waals surface area contributed by atoms with E-state index in [4.69, 9.17) is 0 Å². The van der Waals surface area contributed by atoms with Crippen LogP contribution < -0.4 is 0 Å². The van der Waals surface area contributed by atoms with Crippen molar-refractivity contribution < 1.29 is 9.53 Å². The van der Waals surface area contributed by atoms with Gasteiger partial charge >= 0.3 is 5.97 Å². The Labute approximate surface area is 92.0 Å². The molecule has 0 unspecified atom stereocenters. The fraction of sp³-hybridized carbons (Fsp3) is 0.200. The summed E-state index contributed by atoms with van der Waals surface area (Å²) in [7, 11) is 0. The Bertz CT molecular complexity index is 280. The molecule has 0 atom stereocenters. The van der Waals surface area contributed by atoms with E-state index in [0.717, 1.165) is 4.48 Å². The molecule has 0 aromatic carbocycles. The molecule has 0 rings (SSSR count). The SMILES string of the molecule is C=C(Br)\C=C/C=N/C=C/C(=O)OCC. The molecule has 76 valence electrons. The molecule has 14 heavy (non-hydrogen) atoms. The summed E-state index contributed by atoms with van der Waals surface area (Å²) in [6, 6.07) is 0. The molecule has 0 aromatic heterocycles. The minimum absolute atomic E-state index is 0.371. The van der Waals surface area contributed by atoms with Gasteiger partial charge in [-0.1, -0.05) is 22.5 Å². The Morgan fingerprint density at radius 1 is 1.57 bits per heavy atom. The summed E-state index contributed by atoms with van der Waals surface area (Å²) in [5.41, 5.74) is 0. The van der Waals surface area contributed by atoms with Crippen molar-refractivity contribution in [3.8, 4) is 0 Å². The average Bonchev–Trinajstić information content (AvgIpc) is 2.11. The van der Waals surface area contributed by atoms with E-state index in [2.05, 4.69) is 32.2 Å². The van der Waals surface area contributed by atoms with Gasteiger partial charge in [0.1, 0.15) is 0 Å². The molecular formula is C10H12BrNO2. The molecule has 0 fully saturated rings. The van der Waals surface area contributed by atoms with Crippen LogP contribution in [0, 0.1) is 0 Å². The van der Waals surface area contributed by atoms with Crippen LogP contribution in [0.1, 0.15) is 6.92 Å². The topological polar surface area (TPSA) is 38.7 Å². The van der Waals surface area contributed by atoms with Crippen molar-refractivity contribution in [2.75, 3.05) is 6.61 Å². The quantitative estimate of drug-likeness (QED) is 0.329. The van der Waals surface area contributed by atoms with Crippen LogP contribution in [-0.2, 0) is 9.53 Å². The zero-order valence-corrected chi connectivity index (χ0v) is 9.53. The van der Waals surface area contributed by atoms with E-state index < -0.39 is 5.97 Å². The molecule has 0 spiro atoms. The zero-order chi connectivity index (χ0) is 10.8. The molecule has 0 aliphatic heterocycles. The third kappa shape index (κ3) is 8.93. The maximum Gasteiger partial charge on any atom is 0.332 e. The Hall–Kier alpha value is -1.16. The highest BCUT2D eigenvalue weighted by Crippen LogP contribution is 1.99. The number of aliphatic imine (C=N–C) groups is 1. The first kappa shape index (κ1) is 12.8. The molecule has 4 heteroatoms. The lowest BCUT2D eigenvalue weighted by Crippen LogP contribution is -1.98. The highest BCUT2D eigenvalue weighted by Gasteiger charge is 1.89. The molecular weight excluding hydrogens is 246 g/mol. The second-order valence-corrected chi connectivity index (χ2v) is 3.19. The standard InChI is InChI=1S/C10H12BrNO2/c1-3-14-10(13)6-8-12-7-4-5-9(2)11/h4-8H,2-3H2,1H3/b5-4-,8-6+,12-7+. The summed E-state index contributed by atoms with van der Waals surface area (Å²) < 4.78 is 5.41. The van der Waals surface area contributed by atoms with Gasteiger partial charge in [0.25, 0.3) is 0 Å². The molecule has 0 aromatic rings. The molecule has 0 amide bonds. The van der Waals surface area contributed by atoms with Gasteiger partial charge in [0.2, 0.25) is 0 Å². The smallest absolute Gasteiger partial charge is 0.332 e. The Morgan fingerprint density at radius 2 is 2.29 bits per heavy atom. The lowest BCUT2D eigenvalue weighted by molar-refractivity contribution is -0.137. The number of nitrogens with zero attached hydrogens (tertiary/aromatic N) is 1. The van der Waals surface area contributed by atoms with E-state index in [1.165, 1.54) is 12.3 Å². The fourth-order valence-electron chi connectivity index (χ4n) is 0.541. The first-order valence-corrected chi connectivity index (χ1v) is 4.83. The molecule has 3 nitrogen and oxygen atoms in total. The Balaban J connectivity index is 3.81. The van der Waals surface area contributed by atoms with E-state index in [1.807, 2.05) is 0 Å². The molecule has 0 aliphatic rings. The number of esters is 1. The lowest BCUT2D eigenvalue weighted by atomic mass is 10.5. The number of hydrogen-bond acceptors (Lipinski definition) is 3. The summed E-state index contributed by atoms with van der Waals surface area (Å²) in [6.07, 6.45) is 7.62. The van der Waals surface area contributed by atoms with Crippen LogP contribution in [0.15, 0.2) is 40.5 Å². The summed E-state index contributed by atoms with van der Waals surface area (Å²) in [6.45, 7) is 5.72. The summed E-state index contributed by atoms with van der Waals surface area (Å²) >= 11 is 3.15. The van der Waals surface area contributed by atoms with E-state index in [0.29, 0.717) is 6.61 Å². The second kappa shape index (κ2) is 8.44. The van der Waals surface area contributed by atoms with E-state index in [1.54, 1.807) is 25.3 Å². The van der Waals surface area contributed by atoms with Gasteiger partial charge in [-0.2, -0.15) is 0 Å². The second-order valence-electron chi connectivity index (χ2n) is 2.17. The normalized spacial score (nSPS) is 11.6. The average molecular weight is 258 g/mol. The predicted molar refractivity (Wildman–Crippen MR) is 61.5 cm³/mol. The monoisotopic (exact) mass is 257 g/mol. The largest absolute Gasteiger partial charge is 0.463 e. The van der Waals surface area contributed by atoms with Crippen LogP contribution in [0.5, 0.6) is 0 Å². The molecule has 0 N–H and O–H groups in total. The van der Waals surface area contributed by atoms with Crippen molar-refractivity contribution in [2.45, 2.75) is 6.92 Å². The van der Waals surface area contributed by atoms with Gasteiger partial charge in [0, 0.05) is 23.0 Å². The molecule has 0 bridgehead atoms. The summed E-state index contributed by atoms with van der Waals surface area (Å²) in [4.78, 5) is 14.6. The maximum absolute atomic E-state index is 10.8. The highest BCUT2D eigenvalue weighted by atomic mass is 79.9. The summed E-state index contributed by atoms with van der Waals surface area (Å²) in [5, 5.41) is 0. The Morgan fingerprint density at radius 3 is 2.86 bits per heavy atom. The number of carbonyl (C=O) groups is 1. The van der Waals surface area contributed by atoms with Crippen molar-refractivity contribution in [1.29, 1.82) is 0 Å². The number of hydrogen-bond donors (Lipinski definition) is 0. The molecule has 0 radical (unpaired) electrons. The maximum atomic E-state index is 10.8. The van der Waals surface area contributed by atoms with Crippen molar-refractivity contribution >= 4 is 28.1 Å². The van der Waals surface area contributed by atoms with Gasteiger partial charge in [-0.3, -0.25) is 4.99 Å². The zero-order valence-electron chi connectivity index (χ0n) is 7.94. The molecule has 0 saturated heterocycles. The minimum Gasteiger partial charge on any atom is -0.463 e. The first-order valence-electron chi connectivity index (χ1n) is 4.04.